The molecule has 54 heavy (non-hydrogen) atoms. The van der Waals surface area contributed by atoms with Crippen molar-refractivity contribution in [3.63, 3.8) is 0 Å². The molecule has 0 aromatic rings. The molecule has 0 spiro atoms. The highest BCUT2D eigenvalue weighted by Crippen LogP contribution is 2.12. The van der Waals surface area contributed by atoms with E-state index in [9.17, 15) is 14.4 Å². The number of rotatable bonds is 37. The van der Waals surface area contributed by atoms with Crippen molar-refractivity contribution >= 4 is 17.9 Å². The van der Waals surface area contributed by atoms with Crippen molar-refractivity contribution in [3.05, 3.63) is 85.1 Å². The first-order valence-corrected chi connectivity index (χ1v) is 21.6. The third kappa shape index (κ3) is 39.8. The average molecular weight is 751 g/mol. The van der Waals surface area contributed by atoms with E-state index in [1.165, 1.54) is 64.2 Å². The van der Waals surface area contributed by atoms with E-state index < -0.39 is 18.0 Å². The van der Waals surface area contributed by atoms with Crippen LogP contribution in [0.3, 0.4) is 0 Å². The van der Waals surface area contributed by atoms with Gasteiger partial charge in [0.05, 0.1) is 6.42 Å². The topological polar surface area (TPSA) is 78.9 Å². The number of hydrogen-bond donors (Lipinski definition) is 0. The van der Waals surface area contributed by atoms with Crippen LogP contribution in [0, 0.1) is 0 Å². The lowest BCUT2D eigenvalue weighted by Crippen LogP contribution is -2.30. The number of allylic oxidation sites excluding steroid dienone is 13. The Bertz CT molecular complexity index is 1090. The van der Waals surface area contributed by atoms with E-state index in [-0.39, 0.29) is 32.0 Å². The van der Waals surface area contributed by atoms with Gasteiger partial charge in [-0.1, -0.05) is 170 Å². The Morgan fingerprint density at radius 2 is 0.833 bits per heavy atom. The van der Waals surface area contributed by atoms with E-state index >= 15 is 0 Å². The zero-order valence-electron chi connectivity index (χ0n) is 34.7. The first kappa shape index (κ1) is 50.6. The Morgan fingerprint density at radius 3 is 1.37 bits per heavy atom. The second-order valence-corrected chi connectivity index (χ2v) is 13.8. The lowest BCUT2D eigenvalue weighted by molar-refractivity contribution is -0.166. The van der Waals surface area contributed by atoms with Crippen molar-refractivity contribution in [3.8, 4) is 0 Å². The van der Waals surface area contributed by atoms with Crippen molar-refractivity contribution in [2.75, 3.05) is 13.2 Å². The minimum atomic E-state index is -0.843. The molecule has 306 valence electrons. The molecule has 0 aromatic carbocycles. The third-order valence-corrected chi connectivity index (χ3v) is 8.66. The van der Waals surface area contributed by atoms with E-state index in [1.54, 1.807) is 6.08 Å². The smallest absolute Gasteiger partial charge is 0.309 e. The molecule has 0 amide bonds. The SMILES string of the molecule is CC/C=C\C/C=C\C/C=C\CC(=O)OCC(COC(=O)CCCCCCCCC/C=C\C/C=C\CC)OC(=O)CC/C=C\C/C=C\CCCCCCCC. The Hall–Kier alpha value is -3.41. The standard InChI is InChI=1S/C48H78O6/c1-4-7-10-13-16-19-21-23-25-26-29-32-35-38-41-47(50)53-44-45(43-52-46(49)40-37-34-31-28-18-15-12-9-6-3)54-48(51)42-39-36-33-30-27-24-22-20-17-14-11-8-5-2/h7,9-10,12,16,18-19,24,27-28,33-34,36-37,45H,4-6,8,11,13-15,17,20-23,25-26,29-32,35,38-44H2,1-3H3/b10-7-,12-9-,19-16-,27-24-,28-18-,36-33-,37-34-. The minimum absolute atomic E-state index is 0.121. The van der Waals surface area contributed by atoms with Gasteiger partial charge in [-0.15, -0.1) is 0 Å². The Morgan fingerprint density at radius 1 is 0.407 bits per heavy atom. The predicted octanol–water partition coefficient (Wildman–Crippen LogP) is 13.7. The minimum Gasteiger partial charge on any atom is -0.462 e. The van der Waals surface area contributed by atoms with E-state index in [0.717, 1.165) is 70.6 Å². The number of carbonyl (C=O) groups is 3. The van der Waals surface area contributed by atoms with Crippen LogP contribution in [-0.2, 0) is 28.6 Å². The summed E-state index contributed by atoms with van der Waals surface area (Å²) < 4.78 is 16.5. The molecule has 0 N–H and O–H groups in total. The molecule has 1 unspecified atom stereocenters. The zero-order chi connectivity index (χ0) is 39.4. The van der Waals surface area contributed by atoms with Crippen LogP contribution in [0.25, 0.3) is 0 Å². The third-order valence-electron chi connectivity index (χ3n) is 8.66. The molecule has 0 saturated heterocycles. The fraction of sp³-hybridized carbons (Fsp3) is 0.646. The number of ether oxygens (including phenoxy) is 3. The maximum atomic E-state index is 12.6. The molecular formula is C48H78O6. The number of hydrogen-bond acceptors (Lipinski definition) is 6. The Kier molecular flexibility index (Phi) is 39.7. The molecule has 0 heterocycles. The maximum Gasteiger partial charge on any atom is 0.309 e. The average Bonchev–Trinajstić information content (AvgIpc) is 3.17. The van der Waals surface area contributed by atoms with Gasteiger partial charge >= 0.3 is 17.9 Å². The van der Waals surface area contributed by atoms with Gasteiger partial charge in [-0.25, -0.2) is 0 Å². The fourth-order valence-electron chi connectivity index (χ4n) is 5.47. The molecule has 1 atom stereocenters. The monoisotopic (exact) mass is 751 g/mol. The van der Waals surface area contributed by atoms with Crippen LogP contribution in [-0.4, -0.2) is 37.2 Å². The molecular weight excluding hydrogens is 673 g/mol. The van der Waals surface area contributed by atoms with Gasteiger partial charge in [0.15, 0.2) is 6.10 Å². The Labute approximate surface area is 331 Å². The highest BCUT2D eigenvalue weighted by molar-refractivity contribution is 5.72. The van der Waals surface area contributed by atoms with Crippen molar-refractivity contribution in [2.45, 2.75) is 187 Å². The van der Waals surface area contributed by atoms with E-state index in [4.69, 9.17) is 14.2 Å². The second-order valence-electron chi connectivity index (χ2n) is 13.8. The van der Waals surface area contributed by atoms with E-state index in [0.29, 0.717) is 12.8 Å². The molecule has 0 aliphatic rings. The lowest BCUT2D eigenvalue weighted by Gasteiger charge is -2.18. The van der Waals surface area contributed by atoms with Gasteiger partial charge in [-0.2, -0.15) is 0 Å². The first-order chi connectivity index (χ1) is 26.5. The molecule has 6 nitrogen and oxygen atoms in total. The van der Waals surface area contributed by atoms with Crippen LogP contribution in [0.2, 0.25) is 0 Å². The van der Waals surface area contributed by atoms with Gasteiger partial charge in [0.1, 0.15) is 13.2 Å². The molecule has 0 aliphatic carbocycles. The number of esters is 3. The van der Waals surface area contributed by atoms with Crippen molar-refractivity contribution in [1.82, 2.24) is 0 Å². The van der Waals surface area contributed by atoms with Gasteiger partial charge in [0.25, 0.3) is 0 Å². The van der Waals surface area contributed by atoms with Crippen LogP contribution in [0.1, 0.15) is 181 Å². The first-order valence-electron chi connectivity index (χ1n) is 21.6. The highest BCUT2D eigenvalue weighted by atomic mass is 16.6. The molecule has 0 rings (SSSR count). The normalized spacial score (nSPS) is 12.9. The summed E-state index contributed by atoms with van der Waals surface area (Å²) in [7, 11) is 0. The summed E-state index contributed by atoms with van der Waals surface area (Å²) in [5, 5.41) is 0. The van der Waals surface area contributed by atoms with Crippen LogP contribution in [0.15, 0.2) is 85.1 Å². The summed E-state index contributed by atoms with van der Waals surface area (Å²) >= 11 is 0. The summed E-state index contributed by atoms with van der Waals surface area (Å²) in [6, 6.07) is 0. The van der Waals surface area contributed by atoms with E-state index in [2.05, 4.69) is 87.6 Å². The molecule has 0 aliphatic heterocycles. The number of carbonyl (C=O) groups excluding carboxylic acids is 3. The van der Waals surface area contributed by atoms with Crippen LogP contribution < -0.4 is 0 Å². The zero-order valence-corrected chi connectivity index (χ0v) is 34.7. The summed E-state index contributed by atoms with van der Waals surface area (Å²) in [6.45, 7) is 6.22. The highest BCUT2D eigenvalue weighted by Gasteiger charge is 2.19. The lowest BCUT2D eigenvalue weighted by atomic mass is 10.1. The van der Waals surface area contributed by atoms with Gasteiger partial charge in [-0.05, 0) is 77.0 Å². The van der Waals surface area contributed by atoms with Crippen LogP contribution in [0.4, 0.5) is 0 Å². The largest absolute Gasteiger partial charge is 0.462 e. The Balaban J connectivity index is 4.53. The summed E-state index contributed by atoms with van der Waals surface area (Å²) in [5.41, 5.74) is 0. The van der Waals surface area contributed by atoms with E-state index in [1.807, 2.05) is 12.2 Å². The summed E-state index contributed by atoms with van der Waals surface area (Å²) in [5.74, 6) is -1.15. The van der Waals surface area contributed by atoms with Crippen LogP contribution >= 0.6 is 0 Å². The fourth-order valence-corrected chi connectivity index (χ4v) is 5.47. The molecule has 0 bridgehead atoms. The molecule has 0 saturated carbocycles. The maximum absolute atomic E-state index is 12.6. The summed E-state index contributed by atoms with van der Waals surface area (Å²) in [4.78, 5) is 37.5. The van der Waals surface area contributed by atoms with Gasteiger partial charge in [-0.3, -0.25) is 14.4 Å². The summed E-state index contributed by atoms with van der Waals surface area (Å²) in [6.07, 6.45) is 53.3. The van der Waals surface area contributed by atoms with Crippen molar-refractivity contribution in [1.29, 1.82) is 0 Å². The molecule has 0 aromatic heterocycles. The van der Waals surface area contributed by atoms with Crippen molar-refractivity contribution in [2.24, 2.45) is 0 Å². The van der Waals surface area contributed by atoms with Crippen molar-refractivity contribution < 1.29 is 28.6 Å². The molecule has 6 heteroatoms. The van der Waals surface area contributed by atoms with Gasteiger partial charge in [0, 0.05) is 12.8 Å². The predicted molar refractivity (Wildman–Crippen MR) is 228 cm³/mol. The molecule has 0 radical (unpaired) electrons. The quantitative estimate of drug-likeness (QED) is 0.0272. The second kappa shape index (κ2) is 42.3. The van der Waals surface area contributed by atoms with Gasteiger partial charge in [0.2, 0.25) is 0 Å². The van der Waals surface area contributed by atoms with Gasteiger partial charge < -0.3 is 14.2 Å². The molecule has 0 fully saturated rings. The number of unbranched alkanes of at least 4 members (excludes halogenated alkanes) is 13. The van der Waals surface area contributed by atoms with Crippen LogP contribution in [0.5, 0.6) is 0 Å².